The highest BCUT2D eigenvalue weighted by molar-refractivity contribution is 5.82. The summed E-state index contributed by atoms with van der Waals surface area (Å²) in [5.41, 5.74) is -0.294. The van der Waals surface area contributed by atoms with Gasteiger partial charge in [-0.15, -0.1) is 6.42 Å². The fourth-order valence-corrected chi connectivity index (χ4v) is 3.38. The second kappa shape index (κ2) is 17.4. The lowest BCUT2D eigenvalue weighted by Crippen LogP contribution is -2.37. The standard InChI is InChI=1S/C18H24FN5O3.C8H16O/c1-5-7-8-13(25)27-11-18(6-2,26-4)9-10-24-12-21-14-15(20-3)22-17(19)23-16(14)24;1-2-3-4-5-6-7-8-9/h2,12H,5,7-11H2,1,3-4H3,(H,20,22,23);8H,2-7H2,1H3. The zero-order valence-corrected chi connectivity index (χ0v) is 22.0. The summed E-state index contributed by atoms with van der Waals surface area (Å²) in [6.07, 6.45) is 16.6. The Hall–Kier alpha value is -3.06. The summed E-state index contributed by atoms with van der Waals surface area (Å²) in [7, 11) is 3.09. The first-order valence-corrected chi connectivity index (χ1v) is 12.6. The van der Waals surface area contributed by atoms with Crippen LogP contribution in [0.5, 0.6) is 0 Å². The Morgan fingerprint density at radius 1 is 1.22 bits per heavy atom. The third kappa shape index (κ3) is 10.3. The molecule has 1 N–H and O–H groups in total. The molecule has 2 aromatic rings. The van der Waals surface area contributed by atoms with Crippen molar-refractivity contribution in [3.8, 4) is 12.3 Å². The van der Waals surface area contributed by atoms with Crippen LogP contribution in [0.15, 0.2) is 6.33 Å². The fourth-order valence-electron chi connectivity index (χ4n) is 3.38. The van der Waals surface area contributed by atoms with Crippen LogP contribution in [0.2, 0.25) is 0 Å². The van der Waals surface area contributed by atoms with Gasteiger partial charge in [-0.25, -0.2) is 4.98 Å². The van der Waals surface area contributed by atoms with Gasteiger partial charge in [-0.05, 0) is 12.8 Å². The van der Waals surface area contributed by atoms with Crippen molar-refractivity contribution in [1.29, 1.82) is 0 Å². The quantitative estimate of drug-likeness (QED) is 0.115. The maximum absolute atomic E-state index is 13.6. The SMILES string of the molecule is C#CC(CCn1cnc2c(NC)nc(F)nc21)(COC(=O)CCCC)OC.CCCCCCCC=O. The number of rotatable bonds is 16. The second-order valence-corrected chi connectivity index (χ2v) is 8.43. The number of aromatic nitrogens is 4. The number of hydrogen-bond acceptors (Lipinski definition) is 8. The number of methoxy groups -OCH3 is 1. The summed E-state index contributed by atoms with van der Waals surface area (Å²) in [5, 5.41) is 2.79. The number of halogens is 1. The molecule has 200 valence electrons. The highest BCUT2D eigenvalue weighted by Gasteiger charge is 2.30. The van der Waals surface area contributed by atoms with Gasteiger partial charge in [0.05, 0.1) is 6.33 Å². The molecule has 0 aliphatic rings. The molecule has 0 aliphatic heterocycles. The van der Waals surface area contributed by atoms with E-state index in [9.17, 15) is 14.0 Å². The van der Waals surface area contributed by atoms with Crippen LogP contribution in [-0.2, 0) is 25.6 Å². The number of ether oxygens (including phenoxy) is 2. The Bertz CT molecular complexity index is 975. The lowest BCUT2D eigenvalue weighted by atomic mass is 10.0. The van der Waals surface area contributed by atoms with Crippen LogP contribution in [0.3, 0.4) is 0 Å². The first kappa shape index (κ1) is 31.0. The number of aldehydes is 1. The molecule has 10 heteroatoms. The number of carbonyl (C=O) groups is 2. The van der Waals surface area contributed by atoms with Gasteiger partial charge < -0.3 is 24.2 Å². The number of nitrogens with zero attached hydrogens (tertiary/aromatic N) is 4. The Balaban J connectivity index is 0.000000613. The largest absolute Gasteiger partial charge is 0.462 e. The van der Waals surface area contributed by atoms with E-state index in [0.29, 0.717) is 36.4 Å². The first-order valence-electron chi connectivity index (χ1n) is 12.6. The van der Waals surface area contributed by atoms with E-state index in [1.54, 1.807) is 11.6 Å². The molecule has 2 heterocycles. The second-order valence-electron chi connectivity index (χ2n) is 8.43. The van der Waals surface area contributed by atoms with Gasteiger partial charge in [-0.1, -0.05) is 51.9 Å². The Kier molecular flexibility index (Phi) is 15.0. The molecule has 2 rings (SSSR count). The number of fused-ring (bicyclic) bond motifs is 1. The summed E-state index contributed by atoms with van der Waals surface area (Å²) in [5.74, 6) is 2.56. The maximum atomic E-state index is 13.6. The minimum atomic E-state index is -1.09. The van der Waals surface area contributed by atoms with E-state index in [4.69, 9.17) is 15.9 Å². The van der Waals surface area contributed by atoms with Crippen LogP contribution in [0, 0.1) is 18.4 Å². The van der Waals surface area contributed by atoms with Crippen molar-refractivity contribution in [3.05, 3.63) is 12.4 Å². The molecule has 9 nitrogen and oxygen atoms in total. The minimum Gasteiger partial charge on any atom is -0.462 e. The Morgan fingerprint density at radius 3 is 2.56 bits per heavy atom. The number of carbonyl (C=O) groups excluding carboxylic acids is 2. The van der Waals surface area contributed by atoms with Gasteiger partial charge >= 0.3 is 12.0 Å². The zero-order valence-electron chi connectivity index (χ0n) is 22.0. The first-order chi connectivity index (χ1) is 17.4. The number of unbranched alkanes of at least 4 members (excludes halogenated alkanes) is 6. The van der Waals surface area contributed by atoms with E-state index in [1.807, 2.05) is 6.92 Å². The zero-order chi connectivity index (χ0) is 26.8. The van der Waals surface area contributed by atoms with Crippen molar-refractivity contribution < 1.29 is 23.5 Å². The number of esters is 1. The molecule has 1 atom stereocenters. The number of imidazole rings is 1. The average molecular weight is 506 g/mol. The molecule has 0 amide bonds. The average Bonchev–Trinajstić information content (AvgIpc) is 3.30. The van der Waals surface area contributed by atoms with E-state index < -0.39 is 11.7 Å². The van der Waals surface area contributed by atoms with Gasteiger partial charge in [0.15, 0.2) is 22.6 Å². The topological polar surface area (TPSA) is 108 Å². The van der Waals surface area contributed by atoms with Crippen molar-refractivity contribution >= 4 is 29.2 Å². The van der Waals surface area contributed by atoms with E-state index >= 15 is 0 Å². The highest BCUT2D eigenvalue weighted by atomic mass is 19.1. The van der Waals surface area contributed by atoms with Gasteiger partial charge in [0, 0.05) is 40.0 Å². The summed E-state index contributed by atoms with van der Waals surface area (Å²) in [4.78, 5) is 33.3. The van der Waals surface area contributed by atoms with Gasteiger partial charge in [0.2, 0.25) is 0 Å². The lowest BCUT2D eigenvalue weighted by molar-refractivity contribution is -0.150. The Morgan fingerprint density at radius 2 is 1.94 bits per heavy atom. The van der Waals surface area contributed by atoms with Crippen molar-refractivity contribution in [3.63, 3.8) is 0 Å². The summed E-state index contributed by atoms with van der Waals surface area (Å²) in [6, 6.07) is 0. The smallest absolute Gasteiger partial charge is 0.312 e. The molecule has 1 unspecified atom stereocenters. The van der Waals surface area contributed by atoms with Crippen LogP contribution in [0.25, 0.3) is 11.2 Å². The molecule has 2 aromatic heterocycles. The lowest BCUT2D eigenvalue weighted by Gasteiger charge is -2.26. The van der Waals surface area contributed by atoms with Crippen LogP contribution in [0.4, 0.5) is 10.2 Å². The van der Waals surface area contributed by atoms with Crippen LogP contribution < -0.4 is 5.32 Å². The highest BCUT2D eigenvalue weighted by Crippen LogP contribution is 2.22. The molecule has 0 bridgehead atoms. The van der Waals surface area contributed by atoms with Gasteiger partial charge in [-0.3, -0.25) is 4.79 Å². The molecule has 0 saturated heterocycles. The number of nitrogens with one attached hydrogen (secondary N) is 1. The van der Waals surface area contributed by atoms with Gasteiger partial charge in [-0.2, -0.15) is 14.4 Å². The van der Waals surface area contributed by atoms with Gasteiger partial charge in [0.25, 0.3) is 0 Å². The van der Waals surface area contributed by atoms with Crippen molar-refractivity contribution in [2.45, 2.75) is 90.2 Å². The molecule has 0 fully saturated rings. The molecular formula is C26H40FN5O4. The summed E-state index contributed by atoms with van der Waals surface area (Å²) >= 11 is 0. The number of terminal acetylenes is 1. The van der Waals surface area contributed by atoms with E-state index in [2.05, 4.69) is 33.1 Å². The number of aryl methyl sites for hydroxylation is 1. The third-order valence-corrected chi connectivity index (χ3v) is 5.71. The van der Waals surface area contributed by atoms with E-state index in [1.165, 1.54) is 39.1 Å². The monoisotopic (exact) mass is 505 g/mol. The fraction of sp³-hybridized carbons (Fsp3) is 0.654. The van der Waals surface area contributed by atoms with Gasteiger partial charge in [0.1, 0.15) is 12.9 Å². The number of anilines is 1. The van der Waals surface area contributed by atoms with Crippen molar-refractivity contribution in [1.82, 2.24) is 19.5 Å². The van der Waals surface area contributed by atoms with E-state index in [0.717, 1.165) is 32.0 Å². The summed E-state index contributed by atoms with van der Waals surface area (Å²) < 4.78 is 26.0. The molecule has 36 heavy (non-hydrogen) atoms. The molecular weight excluding hydrogens is 465 g/mol. The van der Waals surface area contributed by atoms with Crippen molar-refractivity contribution in [2.24, 2.45) is 0 Å². The molecule has 0 aliphatic carbocycles. The normalized spacial score (nSPS) is 12.2. The summed E-state index contributed by atoms with van der Waals surface area (Å²) in [6.45, 7) is 4.48. The van der Waals surface area contributed by atoms with Crippen LogP contribution >= 0.6 is 0 Å². The Labute approximate surface area is 213 Å². The minimum absolute atomic E-state index is 0.0553. The van der Waals surface area contributed by atoms with Crippen molar-refractivity contribution in [2.75, 3.05) is 26.1 Å². The molecule has 0 aromatic carbocycles. The molecule has 0 saturated carbocycles. The predicted molar refractivity (Wildman–Crippen MR) is 138 cm³/mol. The number of hydrogen-bond donors (Lipinski definition) is 1. The van der Waals surface area contributed by atoms with E-state index in [-0.39, 0.29) is 12.6 Å². The van der Waals surface area contributed by atoms with Crippen LogP contribution in [0.1, 0.15) is 78.1 Å². The van der Waals surface area contributed by atoms with Crippen LogP contribution in [-0.4, -0.2) is 58.1 Å². The maximum Gasteiger partial charge on any atom is 0.312 e. The molecule has 0 spiro atoms. The third-order valence-electron chi connectivity index (χ3n) is 5.71. The molecule has 0 radical (unpaired) electrons. The predicted octanol–water partition coefficient (Wildman–Crippen LogP) is 4.69.